The lowest BCUT2D eigenvalue weighted by Crippen LogP contribution is -2.42. The Bertz CT molecular complexity index is 667. The van der Waals surface area contributed by atoms with E-state index in [2.05, 4.69) is 20.6 Å². The fourth-order valence-corrected chi connectivity index (χ4v) is 2.06. The van der Waals surface area contributed by atoms with E-state index < -0.39 is 11.7 Å². The van der Waals surface area contributed by atoms with Crippen molar-refractivity contribution >= 4 is 17.1 Å². The van der Waals surface area contributed by atoms with Crippen LogP contribution in [0.5, 0.6) is 0 Å². The van der Waals surface area contributed by atoms with Crippen molar-refractivity contribution in [2.75, 3.05) is 6.54 Å². The Morgan fingerprint density at radius 2 is 1.96 bits per heavy atom. The highest BCUT2D eigenvalue weighted by molar-refractivity contribution is 5.73. The first kappa shape index (κ1) is 17.1. The summed E-state index contributed by atoms with van der Waals surface area (Å²) in [6.45, 7) is 8.66. The van der Waals surface area contributed by atoms with Crippen molar-refractivity contribution in [3.05, 3.63) is 36.2 Å². The van der Waals surface area contributed by atoms with Crippen LogP contribution < -0.4 is 10.6 Å². The van der Waals surface area contributed by atoms with Crippen LogP contribution in [-0.4, -0.2) is 34.2 Å². The van der Waals surface area contributed by atoms with Crippen LogP contribution in [-0.2, 0) is 11.3 Å². The fraction of sp³-hybridized carbons (Fsp3) is 0.471. The van der Waals surface area contributed by atoms with Gasteiger partial charge in [-0.05, 0) is 39.8 Å². The van der Waals surface area contributed by atoms with Crippen molar-refractivity contribution < 1.29 is 9.53 Å². The average molecular weight is 316 g/mol. The van der Waals surface area contributed by atoms with Gasteiger partial charge in [-0.25, -0.2) is 9.78 Å². The van der Waals surface area contributed by atoms with Crippen LogP contribution in [0.15, 0.2) is 30.5 Å². The summed E-state index contributed by atoms with van der Waals surface area (Å²) in [5, 5.41) is 6.05. The molecule has 0 aliphatic heterocycles. The van der Waals surface area contributed by atoms with Gasteiger partial charge in [0.05, 0.1) is 22.9 Å². The third-order valence-electron chi connectivity index (χ3n) is 3.02. The number of rotatable bonds is 5. The van der Waals surface area contributed by atoms with Crippen molar-refractivity contribution in [1.29, 1.82) is 0 Å². The zero-order valence-electron chi connectivity index (χ0n) is 14.1. The monoisotopic (exact) mass is 316 g/mol. The molecule has 1 aromatic carbocycles. The van der Waals surface area contributed by atoms with Crippen LogP contribution in [0.1, 0.15) is 33.4 Å². The quantitative estimate of drug-likeness (QED) is 0.887. The number of alkyl carbamates (subject to hydrolysis) is 1. The van der Waals surface area contributed by atoms with Gasteiger partial charge in [0.25, 0.3) is 0 Å². The van der Waals surface area contributed by atoms with Gasteiger partial charge in [-0.2, -0.15) is 0 Å². The van der Waals surface area contributed by atoms with Crippen LogP contribution in [0.4, 0.5) is 4.79 Å². The van der Waals surface area contributed by atoms with E-state index in [0.717, 1.165) is 16.7 Å². The summed E-state index contributed by atoms with van der Waals surface area (Å²) >= 11 is 0. The highest BCUT2D eigenvalue weighted by Gasteiger charge is 2.17. The Morgan fingerprint density at radius 1 is 1.26 bits per heavy atom. The Hall–Kier alpha value is -2.21. The molecule has 23 heavy (non-hydrogen) atoms. The lowest BCUT2D eigenvalue weighted by Gasteiger charge is -2.22. The molecule has 1 aromatic heterocycles. The minimum Gasteiger partial charge on any atom is -0.444 e. The molecule has 0 saturated carbocycles. The third-order valence-corrected chi connectivity index (χ3v) is 3.02. The molecule has 1 atom stereocenters. The van der Waals surface area contributed by atoms with Gasteiger partial charge in [0.15, 0.2) is 0 Å². The van der Waals surface area contributed by atoms with Crippen molar-refractivity contribution in [1.82, 2.24) is 20.6 Å². The Labute approximate surface area is 136 Å². The highest BCUT2D eigenvalue weighted by atomic mass is 16.6. The number of carbonyl (C=O) groups excluding carboxylic acids is 1. The molecule has 0 radical (unpaired) electrons. The molecule has 1 amide bonds. The molecule has 1 unspecified atom stereocenters. The van der Waals surface area contributed by atoms with E-state index in [9.17, 15) is 4.79 Å². The lowest BCUT2D eigenvalue weighted by molar-refractivity contribution is 0.0508. The van der Waals surface area contributed by atoms with E-state index in [4.69, 9.17) is 4.74 Å². The van der Waals surface area contributed by atoms with Gasteiger partial charge >= 0.3 is 6.09 Å². The van der Waals surface area contributed by atoms with Crippen LogP contribution in [0.25, 0.3) is 11.0 Å². The first-order chi connectivity index (χ1) is 10.8. The molecule has 6 nitrogen and oxygen atoms in total. The van der Waals surface area contributed by atoms with E-state index in [1.807, 2.05) is 52.0 Å². The molecule has 0 spiro atoms. The Morgan fingerprint density at radius 3 is 2.65 bits per heavy atom. The predicted molar refractivity (Wildman–Crippen MR) is 90.1 cm³/mol. The Kier molecular flexibility index (Phi) is 5.50. The maximum atomic E-state index is 11.7. The number of fused-ring (bicyclic) bond motifs is 1. The van der Waals surface area contributed by atoms with Crippen molar-refractivity contribution in [3.8, 4) is 0 Å². The number of hydrogen-bond acceptors (Lipinski definition) is 5. The fourth-order valence-electron chi connectivity index (χ4n) is 2.06. The maximum Gasteiger partial charge on any atom is 0.407 e. The van der Waals surface area contributed by atoms with E-state index in [0.29, 0.717) is 13.1 Å². The predicted octanol–water partition coefficient (Wildman–Crippen LogP) is 2.63. The van der Waals surface area contributed by atoms with Crippen molar-refractivity contribution in [2.24, 2.45) is 0 Å². The highest BCUT2D eigenvalue weighted by Crippen LogP contribution is 2.08. The molecule has 2 rings (SSSR count). The molecular formula is C17H24N4O2. The van der Waals surface area contributed by atoms with Crippen LogP contribution in [0.3, 0.4) is 0 Å². The molecule has 0 bridgehead atoms. The molecule has 2 N–H and O–H groups in total. The topological polar surface area (TPSA) is 76.1 Å². The number of nitrogens with zero attached hydrogens (tertiary/aromatic N) is 2. The number of amides is 1. The van der Waals surface area contributed by atoms with E-state index in [1.54, 1.807) is 6.20 Å². The minimum absolute atomic E-state index is 0.0433. The number of benzene rings is 1. The van der Waals surface area contributed by atoms with Crippen molar-refractivity contribution in [3.63, 3.8) is 0 Å². The zero-order valence-corrected chi connectivity index (χ0v) is 14.1. The average Bonchev–Trinajstić information content (AvgIpc) is 2.45. The minimum atomic E-state index is -0.488. The number of aromatic nitrogens is 2. The summed E-state index contributed by atoms with van der Waals surface area (Å²) in [5.41, 5.74) is 2.15. The normalized spacial score (nSPS) is 12.9. The summed E-state index contributed by atoms with van der Waals surface area (Å²) in [6, 6.07) is 7.73. The first-order valence-corrected chi connectivity index (χ1v) is 7.74. The number of nitrogens with one attached hydrogen (secondary N) is 2. The molecule has 2 aromatic rings. The van der Waals surface area contributed by atoms with Gasteiger partial charge in [-0.3, -0.25) is 4.98 Å². The van der Waals surface area contributed by atoms with E-state index in [1.165, 1.54) is 0 Å². The van der Waals surface area contributed by atoms with Gasteiger partial charge in [0.1, 0.15) is 5.60 Å². The van der Waals surface area contributed by atoms with Gasteiger partial charge in [-0.1, -0.05) is 12.1 Å². The van der Waals surface area contributed by atoms with E-state index >= 15 is 0 Å². The summed E-state index contributed by atoms with van der Waals surface area (Å²) in [7, 11) is 0. The SMILES string of the molecule is CC(CNCc1cnc2ccccc2n1)NC(=O)OC(C)(C)C. The second-order valence-electron chi connectivity index (χ2n) is 6.53. The van der Waals surface area contributed by atoms with Crippen LogP contribution in [0.2, 0.25) is 0 Å². The number of carbonyl (C=O) groups is 1. The first-order valence-electron chi connectivity index (χ1n) is 7.74. The number of hydrogen-bond donors (Lipinski definition) is 2. The summed E-state index contributed by atoms with van der Waals surface area (Å²) in [6.07, 6.45) is 1.36. The summed E-state index contributed by atoms with van der Waals surface area (Å²) < 4.78 is 5.22. The molecule has 6 heteroatoms. The summed E-state index contributed by atoms with van der Waals surface area (Å²) in [4.78, 5) is 20.6. The molecular weight excluding hydrogens is 292 g/mol. The molecule has 0 aliphatic carbocycles. The molecule has 124 valence electrons. The second-order valence-corrected chi connectivity index (χ2v) is 6.53. The third kappa shape index (κ3) is 5.83. The molecule has 0 aliphatic rings. The largest absolute Gasteiger partial charge is 0.444 e. The number of ether oxygens (including phenoxy) is 1. The Balaban J connectivity index is 1.78. The van der Waals surface area contributed by atoms with Gasteiger partial charge < -0.3 is 15.4 Å². The smallest absolute Gasteiger partial charge is 0.407 e. The maximum absolute atomic E-state index is 11.7. The standard InChI is InChI=1S/C17H24N4O2/c1-12(20-16(22)23-17(2,3)4)9-18-10-13-11-19-14-7-5-6-8-15(14)21-13/h5-8,11-12,18H,9-10H2,1-4H3,(H,20,22). The van der Waals surface area contributed by atoms with Gasteiger partial charge in [-0.15, -0.1) is 0 Å². The van der Waals surface area contributed by atoms with Crippen molar-refractivity contribution in [2.45, 2.75) is 45.9 Å². The molecule has 1 heterocycles. The van der Waals surface area contributed by atoms with Gasteiger partial charge in [0, 0.05) is 19.1 Å². The van der Waals surface area contributed by atoms with Crippen LogP contribution in [0, 0.1) is 0 Å². The molecule has 0 fully saturated rings. The summed E-state index contributed by atoms with van der Waals surface area (Å²) in [5.74, 6) is 0. The molecule has 0 saturated heterocycles. The lowest BCUT2D eigenvalue weighted by atomic mass is 10.2. The zero-order chi connectivity index (χ0) is 16.9. The van der Waals surface area contributed by atoms with E-state index in [-0.39, 0.29) is 6.04 Å². The second kappa shape index (κ2) is 7.37. The van der Waals surface area contributed by atoms with Gasteiger partial charge in [0.2, 0.25) is 0 Å². The number of para-hydroxylation sites is 2. The van der Waals surface area contributed by atoms with Crippen LogP contribution >= 0.6 is 0 Å².